The number of carbonyl (C=O) groups is 2. The van der Waals surface area contributed by atoms with E-state index in [4.69, 9.17) is 19.9 Å². The molecule has 2 saturated heterocycles. The lowest BCUT2D eigenvalue weighted by Crippen LogP contribution is -2.41. The molecule has 53 heavy (non-hydrogen) atoms. The number of carbonyl (C=O) groups excluding carboxylic acids is 2. The van der Waals surface area contributed by atoms with E-state index in [9.17, 15) is 9.59 Å². The maximum atomic E-state index is 15.2. The molecule has 0 radical (unpaired) electrons. The van der Waals surface area contributed by atoms with Crippen molar-refractivity contribution in [2.24, 2.45) is 5.41 Å². The largest absolute Gasteiger partial charge is 0.466 e. The highest BCUT2D eigenvalue weighted by Crippen LogP contribution is 2.43. The molecular weight excluding hydrogens is 691 g/mol. The quantitative estimate of drug-likeness (QED) is 0.168. The lowest BCUT2D eigenvalue weighted by atomic mass is 9.76. The number of halogens is 3. The third-order valence-corrected chi connectivity index (χ3v) is 9.78. The molecule has 4 heterocycles. The van der Waals surface area contributed by atoms with Crippen LogP contribution in [0.4, 0.5) is 24.9 Å². The van der Waals surface area contributed by atoms with Crippen LogP contribution in [0.2, 0.25) is 0 Å². The van der Waals surface area contributed by atoms with Crippen molar-refractivity contribution in [3.63, 3.8) is 0 Å². The third-order valence-electron chi connectivity index (χ3n) is 9.78. The van der Waals surface area contributed by atoms with Crippen LogP contribution in [0.3, 0.4) is 0 Å². The number of nitrogens with zero attached hydrogens (tertiary/aromatic N) is 5. The van der Waals surface area contributed by atoms with E-state index in [1.165, 1.54) is 16.8 Å². The van der Waals surface area contributed by atoms with Crippen molar-refractivity contribution in [2.45, 2.75) is 71.2 Å². The summed E-state index contributed by atoms with van der Waals surface area (Å²) in [6.07, 6.45) is -3.00. The van der Waals surface area contributed by atoms with Crippen LogP contribution in [-0.4, -0.2) is 76.8 Å². The molecule has 2 atom stereocenters. The molecule has 0 saturated carbocycles. The normalized spacial score (nSPS) is 17.5. The van der Waals surface area contributed by atoms with Gasteiger partial charge < -0.3 is 30.2 Å². The fourth-order valence-corrected chi connectivity index (χ4v) is 7.09. The van der Waals surface area contributed by atoms with Crippen LogP contribution in [0.25, 0.3) is 16.8 Å². The van der Waals surface area contributed by atoms with E-state index in [0.29, 0.717) is 61.7 Å². The van der Waals surface area contributed by atoms with Gasteiger partial charge in [0, 0.05) is 43.9 Å². The van der Waals surface area contributed by atoms with Crippen LogP contribution in [0.5, 0.6) is 5.88 Å². The van der Waals surface area contributed by atoms with Gasteiger partial charge in [-0.2, -0.15) is 28.2 Å². The molecule has 2 aliphatic heterocycles. The Morgan fingerprint density at radius 2 is 1.77 bits per heavy atom. The van der Waals surface area contributed by atoms with E-state index < -0.39 is 12.3 Å². The number of nitrogens with two attached hydrogens (primary N) is 1. The van der Waals surface area contributed by atoms with Crippen LogP contribution in [-0.2, 0) is 25.5 Å². The van der Waals surface area contributed by atoms with Gasteiger partial charge in [-0.05, 0) is 86.8 Å². The number of esters is 2. The minimum absolute atomic E-state index is 0.0973. The molecule has 282 valence electrons. The lowest BCUT2D eigenvalue weighted by molar-refractivity contribution is -0.198. The van der Waals surface area contributed by atoms with Crippen LogP contribution in [0.15, 0.2) is 60.8 Å². The molecule has 0 bridgehead atoms. The summed E-state index contributed by atoms with van der Waals surface area (Å²) >= 11 is 0. The maximum Gasteiger partial charge on any atom is 0.429 e. The highest BCUT2D eigenvalue weighted by Gasteiger charge is 2.46. The Morgan fingerprint density at radius 1 is 1.02 bits per heavy atom. The van der Waals surface area contributed by atoms with E-state index in [-0.39, 0.29) is 59.5 Å². The zero-order chi connectivity index (χ0) is 37.8. The van der Waals surface area contributed by atoms with Gasteiger partial charge in [0.1, 0.15) is 11.9 Å². The number of nitrogen functional groups attached to an aromatic ring is 1. The number of ether oxygens (including phenoxy) is 3. The van der Waals surface area contributed by atoms with Crippen molar-refractivity contribution in [3.05, 3.63) is 77.6 Å². The van der Waals surface area contributed by atoms with E-state index >= 15 is 13.2 Å². The number of aromatic nitrogens is 4. The number of piperidine rings is 1. The topological polar surface area (TPSA) is 147 Å². The van der Waals surface area contributed by atoms with Crippen molar-refractivity contribution in [1.29, 1.82) is 0 Å². The molecule has 0 aliphatic carbocycles. The molecule has 0 amide bonds. The monoisotopic (exact) mass is 735 g/mol. The average Bonchev–Trinajstić information content (AvgIpc) is 3.76. The summed E-state index contributed by atoms with van der Waals surface area (Å²) in [5, 5.41) is 7.68. The Hall–Kier alpha value is -5.18. The van der Waals surface area contributed by atoms with Crippen LogP contribution >= 0.6 is 0 Å². The van der Waals surface area contributed by atoms with Crippen molar-refractivity contribution in [2.75, 3.05) is 43.5 Å². The summed E-state index contributed by atoms with van der Waals surface area (Å²) in [6.45, 7) is 7.65. The van der Waals surface area contributed by atoms with Crippen molar-refractivity contribution in [1.82, 2.24) is 25.1 Å². The van der Waals surface area contributed by atoms with Crippen molar-refractivity contribution < 1.29 is 37.0 Å². The van der Waals surface area contributed by atoms with Gasteiger partial charge in [0.25, 0.3) is 0 Å². The first-order valence-corrected chi connectivity index (χ1v) is 17.8. The van der Waals surface area contributed by atoms with Gasteiger partial charge in [-0.25, -0.2) is 4.68 Å². The molecule has 12 nitrogen and oxygen atoms in total. The van der Waals surface area contributed by atoms with Crippen LogP contribution in [0.1, 0.15) is 62.5 Å². The first-order valence-electron chi connectivity index (χ1n) is 17.8. The Balaban J connectivity index is 1.28. The zero-order valence-corrected chi connectivity index (χ0v) is 30.0. The molecule has 2 fully saturated rings. The minimum Gasteiger partial charge on any atom is -0.466 e. The van der Waals surface area contributed by atoms with Gasteiger partial charge >= 0.3 is 18.1 Å². The van der Waals surface area contributed by atoms with Gasteiger partial charge in [-0.15, -0.1) is 0 Å². The summed E-state index contributed by atoms with van der Waals surface area (Å²) in [5.74, 6) is -0.772. The van der Waals surface area contributed by atoms with E-state index in [1.54, 1.807) is 57.3 Å². The first-order chi connectivity index (χ1) is 25.4. The zero-order valence-electron chi connectivity index (χ0n) is 30.0. The molecule has 2 aliphatic rings. The Morgan fingerprint density at radius 3 is 2.47 bits per heavy atom. The summed E-state index contributed by atoms with van der Waals surface area (Å²) in [7, 11) is 0. The van der Waals surface area contributed by atoms with Gasteiger partial charge in [0.15, 0.2) is 0 Å². The highest BCUT2D eigenvalue weighted by atomic mass is 19.4. The van der Waals surface area contributed by atoms with Gasteiger partial charge in [0.2, 0.25) is 17.9 Å². The number of benzene rings is 2. The second kappa shape index (κ2) is 15.8. The fourth-order valence-electron chi connectivity index (χ4n) is 7.09. The van der Waals surface area contributed by atoms with Gasteiger partial charge in [0.05, 0.1) is 24.6 Å². The summed E-state index contributed by atoms with van der Waals surface area (Å²) in [4.78, 5) is 34.6. The fraction of sp³-hybridized carbons (Fsp3) is 0.447. The minimum atomic E-state index is -4.88. The molecule has 2 aromatic heterocycles. The number of alkyl halides is 3. The molecule has 3 N–H and O–H groups in total. The van der Waals surface area contributed by atoms with Gasteiger partial charge in [-0.3, -0.25) is 9.59 Å². The SMILES string of the molecule is CCOC(=O)CCc1cccc(-c2ccc(-n3ccc(C)n3)c([C@@H](Oc3cc(N4CCC5(CC4)CNC(C(=O)OCC)C5)nc(N)n3)C(F)(F)F)c2)c1. The number of hydrogen-bond donors (Lipinski definition) is 2. The smallest absolute Gasteiger partial charge is 0.429 e. The molecule has 15 heteroatoms. The highest BCUT2D eigenvalue weighted by molar-refractivity contribution is 5.76. The molecule has 1 unspecified atom stereocenters. The number of nitrogens with one attached hydrogen (secondary N) is 1. The summed E-state index contributed by atoms with van der Waals surface area (Å²) in [5.41, 5.74) is 8.61. The predicted molar refractivity (Wildman–Crippen MR) is 191 cm³/mol. The second-order valence-corrected chi connectivity index (χ2v) is 13.5. The predicted octanol–water partition coefficient (Wildman–Crippen LogP) is 5.91. The van der Waals surface area contributed by atoms with E-state index in [1.807, 2.05) is 17.0 Å². The molecular formula is C38H44F3N7O5. The second-order valence-electron chi connectivity index (χ2n) is 13.5. The van der Waals surface area contributed by atoms with E-state index in [2.05, 4.69) is 20.4 Å². The summed E-state index contributed by atoms with van der Waals surface area (Å²) < 4.78 is 62.9. The van der Waals surface area contributed by atoms with E-state index in [0.717, 1.165) is 18.4 Å². The number of aryl methyl sites for hydroxylation is 2. The van der Waals surface area contributed by atoms with Gasteiger partial charge in [-0.1, -0.05) is 30.3 Å². The Bertz CT molecular complexity index is 1930. The molecule has 4 aromatic rings. The molecule has 2 aromatic carbocycles. The molecule has 6 rings (SSSR count). The summed E-state index contributed by atoms with van der Waals surface area (Å²) in [6, 6.07) is 14.8. The van der Waals surface area contributed by atoms with Crippen LogP contribution < -0.4 is 20.7 Å². The molecule has 1 spiro atoms. The lowest BCUT2D eigenvalue weighted by Gasteiger charge is -2.39. The van der Waals surface area contributed by atoms with Crippen LogP contribution in [0, 0.1) is 12.3 Å². The number of rotatable bonds is 12. The van der Waals surface area contributed by atoms with Crippen molar-refractivity contribution in [3.8, 4) is 22.7 Å². The Labute approximate surface area is 305 Å². The Kier molecular flexibility index (Phi) is 11.2. The number of anilines is 2. The average molecular weight is 736 g/mol. The maximum absolute atomic E-state index is 15.2. The number of hydrogen-bond acceptors (Lipinski definition) is 11. The third kappa shape index (κ3) is 8.90. The first kappa shape index (κ1) is 37.6. The van der Waals surface area contributed by atoms with Crippen molar-refractivity contribution >= 4 is 23.7 Å². The standard InChI is InChI=1S/C38H44F3N7O5/c1-4-51-33(49)12-9-25-7-6-8-26(19-25)27-10-11-30(48-16-13-24(3)46-48)28(20-27)34(38(39,40)41)53-32-21-31(44-36(42)45-32)47-17-14-37(15-18-47)22-29(43-23-37)35(50)52-5-2/h6-8,10-11,13,16,19-21,29,34,43H,4-5,9,12,14-15,17-18,22-23H2,1-3H3,(H2,42,44,45)/t29?,34-/m1/s1.